The molecule has 3 N–H and O–H groups in total. The number of benzene rings is 2. The van der Waals surface area contributed by atoms with E-state index in [0.29, 0.717) is 11.3 Å². The van der Waals surface area contributed by atoms with E-state index in [4.69, 9.17) is 0 Å². The molecule has 0 saturated heterocycles. The summed E-state index contributed by atoms with van der Waals surface area (Å²) in [5, 5.41) is 4.28. The maximum Gasteiger partial charge on any atom is 0.279 e. The van der Waals surface area contributed by atoms with Crippen LogP contribution in [-0.2, 0) is 14.6 Å². The minimum atomic E-state index is -3.36. The second-order valence-corrected chi connectivity index (χ2v) is 7.77. The van der Waals surface area contributed by atoms with Gasteiger partial charge in [-0.15, -0.1) is 0 Å². The molecule has 0 fully saturated rings. The van der Waals surface area contributed by atoms with E-state index in [1.165, 1.54) is 18.2 Å². The lowest BCUT2D eigenvalue weighted by molar-refractivity contribution is -0.682. The van der Waals surface area contributed by atoms with E-state index in [1.807, 2.05) is 0 Å². The van der Waals surface area contributed by atoms with Gasteiger partial charge in [0.05, 0.1) is 4.90 Å². The van der Waals surface area contributed by atoms with Crippen molar-refractivity contribution in [1.82, 2.24) is 0 Å². The zero-order chi connectivity index (χ0) is 18.6. The lowest BCUT2D eigenvalue weighted by Crippen LogP contribution is -2.86. The molecule has 0 heterocycles. The molecule has 2 rings (SSSR count). The van der Waals surface area contributed by atoms with Gasteiger partial charge in [0.2, 0.25) is 0 Å². The van der Waals surface area contributed by atoms with Gasteiger partial charge in [-0.2, -0.15) is 0 Å². The number of nitrogens with one attached hydrogen (secondary N) is 1. The average molecular weight is 369 g/mol. The number of carbonyl (C=O) groups is 1. The van der Waals surface area contributed by atoms with Gasteiger partial charge in [0, 0.05) is 17.5 Å². The Hall–Kier alpha value is -2.32. The first-order valence-electron chi connectivity index (χ1n) is 7.55. The Balaban J connectivity index is 1.95. The maximum atomic E-state index is 13.2. The van der Waals surface area contributed by atoms with Crippen molar-refractivity contribution in [2.45, 2.75) is 17.9 Å². The van der Waals surface area contributed by atoms with Crippen LogP contribution in [0.2, 0.25) is 0 Å². The van der Waals surface area contributed by atoms with Crippen LogP contribution in [-0.4, -0.2) is 27.1 Å². The number of carbonyl (C=O) groups excluding carboxylic acids is 1. The van der Waals surface area contributed by atoms with Crippen molar-refractivity contribution in [3.8, 4) is 0 Å². The average Bonchev–Trinajstić information content (AvgIpc) is 2.54. The summed E-state index contributed by atoms with van der Waals surface area (Å²) in [6.45, 7) is 1.81. The molecule has 0 radical (unpaired) electrons. The Bertz CT molecular complexity index is 885. The molecule has 0 aliphatic rings. The van der Waals surface area contributed by atoms with E-state index >= 15 is 0 Å². The highest BCUT2D eigenvalue weighted by Crippen LogP contribution is 2.15. The van der Waals surface area contributed by atoms with Gasteiger partial charge in [-0.1, -0.05) is 6.07 Å². The minimum Gasteiger partial charge on any atom is -0.333 e. The third-order valence-electron chi connectivity index (χ3n) is 3.67. The summed E-state index contributed by atoms with van der Waals surface area (Å²) in [5.41, 5.74) is 0.938. The zero-order valence-corrected chi connectivity index (χ0v) is 14.6. The molecule has 8 heteroatoms. The van der Waals surface area contributed by atoms with E-state index in [-0.39, 0.29) is 23.4 Å². The molecular weight excluding hydrogens is 350 g/mol. The van der Waals surface area contributed by atoms with Gasteiger partial charge in [0.15, 0.2) is 28.0 Å². The number of sulfone groups is 1. The van der Waals surface area contributed by atoms with E-state index in [2.05, 4.69) is 5.32 Å². The number of anilines is 1. The van der Waals surface area contributed by atoms with Gasteiger partial charge in [-0.3, -0.25) is 4.79 Å². The number of nitrogens with two attached hydrogens (primary N) is 1. The van der Waals surface area contributed by atoms with Crippen LogP contribution in [0.15, 0.2) is 47.4 Å². The third-order valence-corrected chi connectivity index (χ3v) is 4.78. The van der Waals surface area contributed by atoms with E-state index < -0.39 is 21.5 Å². The summed E-state index contributed by atoms with van der Waals surface area (Å²) in [4.78, 5) is 12.1. The Morgan fingerprint density at radius 2 is 1.88 bits per heavy atom. The van der Waals surface area contributed by atoms with Gasteiger partial charge in [0.25, 0.3) is 5.91 Å². The van der Waals surface area contributed by atoms with Gasteiger partial charge in [-0.05, 0) is 43.3 Å². The Morgan fingerprint density at radius 1 is 1.16 bits per heavy atom. The molecule has 0 aliphatic heterocycles. The van der Waals surface area contributed by atoms with Gasteiger partial charge in [0.1, 0.15) is 6.04 Å². The molecule has 1 amide bonds. The molecule has 134 valence electrons. The highest BCUT2D eigenvalue weighted by molar-refractivity contribution is 7.90. The van der Waals surface area contributed by atoms with Crippen LogP contribution in [0.5, 0.6) is 0 Å². The van der Waals surface area contributed by atoms with Crippen LogP contribution in [0.4, 0.5) is 14.5 Å². The van der Waals surface area contributed by atoms with Crippen LogP contribution < -0.4 is 10.6 Å². The molecular formula is C17H19F2N2O3S+. The van der Waals surface area contributed by atoms with Crippen LogP contribution in [0, 0.1) is 11.6 Å². The van der Waals surface area contributed by atoms with Crippen molar-refractivity contribution in [2.75, 3.05) is 18.1 Å². The normalized spacial score (nSPS) is 12.6. The number of rotatable bonds is 6. The molecule has 25 heavy (non-hydrogen) atoms. The smallest absolute Gasteiger partial charge is 0.279 e. The minimum absolute atomic E-state index is 0.0449. The maximum absolute atomic E-state index is 13.2. The second-order valence-electron chi connectivity index (χ2n) is 5.75. The predicted molar refractivity (Wildman–Crippen MR) is 89.7 cm³/mol. The standard InChI is InChI=1S/C17H18F2N2O3S/c1-11(12-6-7-15(18)16(19)8-12)20-10-17(22)21-13-4-3-5-14(9-13)25(2,23)24/h3-9,11,20H,10H2,1-2H3,(H,21,22)/p+1/t11-/m0/s1. The van der Waals surface area contributed by atoms with Crippen LogP contribution >= 0.6 is 0 Å². The molecule has 0 unspecified atom stereocenters. The fourth-order valence-corrected chi connectivity index (χ4v) is 2.90. The molecule has 1 atom stereocenters. The van der Waals surface area contributed by atoms with Gasteiger partial charge in [-0.25, -0.2) is 17.2 Å². The summed E-state index contributed by atoms with van der Waals surface area (Å²) in [7, 11) is -3.36. The lowest BCUT2D eigenvalue weighted by atomic mass is 10.1. The summed E-state index contributed by atoms with van der Waals surface area (Å²) in [5.74, 6) is -2.18. The highest BCUT2D eigenvalue weighted by Gasteiger charge is 2.14. The first-order valence-corrected chi connectivity index (χ1v) is 9.44. The first kappa shape index (κ1) is 19.0. The monoisotopic (exact) mass is 369 g/mol. The molecule has 2 aromatic carbocycles. The number of amides is 1. The number of hydrogen-bond acceptors (Lipinski definition) is 3. The fraction of sp³-hybridized carbons (Fsp3) is 0.235. The predicted octanol–water partition coefficient (Wildman–Crippen LogP) is 1.63. The second kappa shape index (κ2) is 7.71. The van der Waals surface area contributed by atoms with Gasteiger partial charge >= 0.3 is 0 Å². The zero-order valence-electron chi connectivity index (χ0n) is 13.8. The Kier molecular flexibility index (Phi) is 5.86. The summed E-state index contributed by atoms with van der Waals surface area (Å²) in [6, 6.07) is 9.32. The van der Waals surface area contributed by atoms with Crippen molar-refractivity contribution in [2.24, 2.45) is 0 Å². The molecule has 0 spiro atoms. The fourth-order valence-electron chi connectivity index (χ4n) is 2.23. The summed E-state index contributed by atoms with van der Waals surface area (Å²) in [6.07, 6.45) is 1.09. The molecule has 0 aromatic heterocycles. The molecule has 2 aromatic rings. The van der Waals surface area contributed by atoms with Crippen molar-refractivity contribution >= 4 is 21.4 Å². The summed E-state index contributed by atoms with van der Waals surface area (Å²) < 4.78 is 49.2. The Labute approximate surface area is 145 Å². The first-order chi connectivity index (χ1) is 11.7. The van der Waals surface area contributed by atoms with E-state index in [9.17, 15) is 22.0 Å². The Morgan fingerprint density at radius 3 is 2.52 bits per heavy atom. The van der Waals surface area contributed by atoms with Crippen LogP contribution in [0.3, 0.4) is 0 Å². The SMILES string of the molecule is C[C@H]([NH2+]CC(=O)Nc1cccc(S(C)(=O)=O)c1)c1ccc(F)c(F)c1. The molecule has 0 aliphatic carbocycles. The van der Waals surface area contributed by atoms with Crippen molar-refractivity contribution < 1.29 is 27.3 Å². The topological polar surface area (TPSA) is 79.8 Å². The van der Waals surface area contributed by atoms with Crippen molar-refractivity contribution in [3.63, 3.8) is 0 Å². The molecule has 5 nitrogen and oxygen atoms in total. The van der Waals surface area contributed by atoms with Crippen molar-refractivity contribution in [1.29, 1.82) is 0 Å². The third kappa shape index (κ3) is 5.33. The van der Waals surface area contributed by atoms with E-state index in [1.54, 1.807) is 24.4 Å². The van der Waals surface area contributed by atoms with E-state index in [0.717, 1.165) is 18.4 Å². The van der Waals surface area contributed by atoms with Gasteiger partial charge < -0.3 is 10.6 Å². The number of halogens is 2. The molecule has 0 saturated carbocycles. The lowest BCUT2D eigenvalue weighted by Gasteiger charge is -2.12. The van der Waals surface area contributed by atoms with Crippen LogP contribution in [0.25, 0.3) is 0 Å². The van der Waals surface area contributed by atoms with Crippen LogP contribution in [0.1, 0.15) is 18.5 Å². The number of quaternary nitrogens is 1. The highest BCUT2D eigenvalue weighted by atomic mass is 32.2. The number of hydrogen-bond donors (Lipinski definition) is 2. The molecule has 0 bridgehead atoms. The largest absolute Gasteiger partial charge is 0.333 e. The summed E-state index contributed by atoms with van der Waals surface area (Å²) >= 11 is 0. The van der Waals surface area contributed by atoms with Crippen molar-refractivity contribution in [3.05, 3.63) is 59.7 Å². The quantitative estimate of drug-likeness (QED) is 0.812.